The van der Waals surface area contributed by atoms with Gasteiger partial charge in [-0.15, -0.1) is 0 Å². The Morgan fingerprint density at radius 1 is 0.947 bits per heavy atom. The molecular formula is C17H21NO. The molecule has 1 atom stereocenters. The van der Waals surface area contributed by atoms with E-state index >= 15 is 0 Å². The van der Waals surface area contributed by atoms with Gasteiger partial charge in [0, 0.05) is 6.04 Å². The molecule has 2 rings (SSSR count). The van der Waals surface area contributed by atoms with Gasteiger partial charge in [-0.25, -0.2) is 0 Å². The Kier molecular flexibility index (Phi) is 5.13. The zero-order chi connectivity index (χ0) is 13.5. The molecule has 1 unspecified atom stereocenters. The van der Waals surface area contributed by atoms with Crippen LogP contribution in [0.2, 0.25) is 0 Å². The molecule has 0 aliphatic carbocycles. The zero-order valence-electron chi connectivity index (χ0n) is 11.3. The second-order valence-electron chi connectivity index (χ2n) is 4.77. The molecule has 2 N–H and O–H groups in total. The van der Waals surface area contributed by atoms with Crippen LogP contribution in [0.25, 0.3) is 0 Å². The number of aliphatic hydroxyl groups is 1. The van der Waals surface area contributed by atoms with Gasteiger partial charge in [0.15, 0.2) is 0 Å². The molecule has 0 radical (unpaired) electrons. The van der Waals surface area contributed by atoms with Crippen molar-refractivity contribution >= 4 is 0 Å². The predicted octanol–water partition coefficient (Wildman–Crippen LogP) is 3.07. The molecule has 2 nitrogen and oxygen atoms in total. The Hall–Kier alpha value is -1.64. The first-order valence-electron chi connectivity index (χ1n) is 6.74. The minimum Gasteiger partial charge on any atom is -0.392 e. The maximum absolute atomic E-state index is 9.06. The molecular weight excluding hydrogens is 234 g/mol. The van der Waals surface area contributed by atoms with E-state index in [1.165, 1.54) is 11.1 Å². The highest BCUT2D eigenvalue weighted by Crippen LogP contribution is 2.19. The fraction of sp³-hybridized carbons (Fsp3) is 0.294. The molecule has 19 heavy (non-hydrogen) atoms. The van der Waals surface area contributed by atoms with Crippen LogP contribution >= 0.6 is 0 Å². The largest absolute Gasteiger partial charge is 0.392 e. The van der Waals surface area contributed by atoms with Crippen LogP contribution in [0.5, 0.6) is 0 Å². The molecule has 0 heterocycles. The summed E-state index contributed by atoms with van der Waals surface area (Å²) in [6.45, 7) is 0.106. The van der Waals surface area contributed by atoms with E-state index in [0.717, 1.165) is 18.4 Å². The standard InChI is InChI=1S/C17H21NO/c1-18-17(12-9-14-5-3-2-4-6-14)16-10-7-15(13-19)8-11-16/h2-8,10-11,17-19H,9,12-13H2,1H3. The fourth-order valence-corrected chi connectivity index (χ4v) is 2.29. The van der Waals surface area contributed by atoms with Gasteiger partial charge in [0.1, 0.15) is 0 Å². The summed E-state index contributed by atoms with van der Waals surface area (Å²) in [6, 6.07) is 19.1. The second-order valence-corrected chi connectivity index (χ2v) is 4.77. The third-order valence-electron chi connectivity index (χ3n) is 3.48. The molecule has 0 bridgehead atoms. The van der Waals surface area contributed by atoms with Gasteiger partial charge in [-0.1, -0.05) is 54.6 Å². The summed E-state index contributed by atoms with van der Waals surface area (Å²) >= 11 is 0. The maximum Gasteiger partial charge on any atom is 0.0681 e. The van der Waals surface area contributed by atoms with Crippen LogP contribution in [0.4, 0.5) is 0 Å². The van der Waals surface area contributed by atoms with E-state index < -0.39 is 0 Å². The first-order chi connectivity index (χ1) is 9.33. The Balaban J connectivity index is 1.99. The first-order valence-corrected chi connectivity index (χ1v) is 6.74. The number of hydrogen-bond acceptors (Lipinski definition) is 2. The van der Waals surface area contributed by atoms with E-state index in [-0.39, 0.29) is 6.61 Å². The molecule has 0 spiro atoms. The van der Waals surface area contributed by atoms with Crippen molar-refractivity contribution in [3.05, 3.63) is 71.3 Å². The van der Waals surface area contributed by atoms with Gasteiger partial charge in [0.05, 0.1) is 6.61 Å². The highest BCUT2D eigenvalue weighted by Gasteiger charge is 2.09. The van der Waals surface area contributed by atoms with E-state index in [9.17, 15) is 0 Å². The van der Waals surface area contributed by atoms with Crippen molar-refractivity contribution in [3.8, 4) is 0 Å². The summed E-state index contributed by atoms with van der Waals surface area (Å²) in [5.41, 5.74) is 3.60. The number of nitrogens with one attached hydrogen (secondary N) is 1. The minimum absolute atomic E-state index is 0.106. The van der Waals surface area contributed by atoms with Gasteiger partial charge in [0.25, 0.3) is 0 Å². The average molecular weight is 255 g/mol. The molecule has 0 fully saturated rings. The molecule has 2 aromatic rings. The highest BCUT2D eigenvalue weighted by molar-refractivity contribution is 5.25. The lowest BCUT2D eigenvalue weighted by molar-refractivity contribution is 0.282. The SMILES string of the molecule is CNC(CCc1ccccc1)c1ccc(CO)cc1. The van der Waals surface area contributed by atoms with E-state index in [4.69, 9.17) is 5.11 Å². The van der Waals surface area contributed by atoms with Crippen molar-refractivity contribution in [1.29, 1.82) is 0 Å². The molecule has 2 aromatic carbocycles. The van der Waals surface area contributed by atoms with E-state index in [2.05, 4.69) is 41.7 Å². The molecule has 0 saturated carbocycles. The molecule has 0 aliphatic heterocycles. The van der Waals surface area contributed by atoms with Gasteiger partial charge in [-0.05, 0) is 36.6 Å². The molecule has 0 aliphatic rings. The summed E-state index contributed by atoms with van der Waals surface area (Å²) < 4.78 is 0. The van der Waals surface area contributed by atoms with Crippen molar-refractivity contribution < 1.29 is 5.11 Å². The number of aliphatic hydroxyl groups excluding tert-OH is 1. The monoisotopic (exact) mass is 255 g/mol. The molecule has 100 valence electrons. The average Bonchev–Trinajstić information content (AvgIpc) is 2.49. The minimum atomic E-state index is 0.106. The number of rotatable bonds is 6. The van der Waals surface area contributed by atoms with Crippen LogP contribution in [0.3, 0.4) is 0 Å². The summed E-state index contributed by atoms with van der Waals surface area (Å²) in [6.07, 6.45) is 2.13. The quantitative estimate of drug-likeness (QED) is 0.831. The molecule has 2 heteroatoms. The molecule has 0 amide bonds. The lowest BCUT2D eigenvalue weighted by Crippen LogP contribution is -2.17. The second kappa shape index (κ2) is 7.07. The van der Waals surface area contributed by atoms with Gasteiger partial charge >= 0.3 is 0 Å². The number of aryl methyl sites for hydroxylation is 1. The zero-order valence-corrected chi connectivity index (χ0v) is 11.3. The van der Waals surface area contributed by atoms with E-state index in [1.54, 1.807) is 0 Å². The molecule has 0 aromatic heterocycles. The van der Waals surface area contributed by atoms with Gasteiger partial charge in [0.2, 0.25) is 0 Å². The smallest absolute Gasteiger partial charge is 0.0681 e. The Labute approximate surface area is 115 Å². The third-order valence-corrected chi connectivity index (χ3v) is 3.48. The maximum atomic E-state index is 9.06. The number of benzene rings is 2. The van der Waals surface area contributed by atoms with Crippen molar-refractivity contribution in [2.75, 3.05) is 7.05 Å². The summed E-state index contributed by atoms with van der Waals surface area (Å²) in [5, 5.41) is 12.4. The fourth-order valence-electron chi connectivity index (χ4n) is 2.29. The van der Waals surface area contributed by atoms with Gasteiger partial charge in [-0.3, -0.25) is 0 Å². The van der Waals surface area contributed by atoms with Crippen molar-refractivity contribution in [2.45, 2.75) is 25.5 Å². The normalized spacial score (nSPS) is 12.3. The van der Waals surface area contributed by atoms with E-state index in [1.807, 2.05) is 25.2 Å². The lowest BCUT2D eigenvalue weighted by Gasteiger charge is -2.17. The van der Waals surface area contributed by atoms with Crippen LogP contribution in [0, 0.1) is 0 Å². The van der Waals surface area contributed by atoms with Crippen LogP contribution in [-0.4, -0.2) is 12.2 Å². The Morgan fingerprint density at radius 2 is 1.63 bits per heavy atom. The van der Waals surface area contributed by atoms with Crippen LogP contribution in [0.1, 0.15) is 29.2 Å². The van der Waals surface area contributed by atoms with Gasteiger partial charge in [-0.2, -0.15) is 0 Å². The third kappa shape index (κ3) is 3.91. The summed E-state index contributed by atoms with van der Waals surface area (Å²) in [5.74, 6) is 0. The highest BCUT2D eigenvalue weighted by atomic mass is 16.3. The lowest BCUT2D eigenvalue weighted by atomic mass is 9.98. The van der Waals surface area contributed by atoms with Crippen molar-refractivity contribution in [3.63, 3.8) is 0 Å². The van der Waals surface area contributed by atoms with Gasteiger partial charge < -0.3 is 10.4 Å². The topological polar surface area (TPSA) is 32.3 Å². The van der Waals surface area contributed by atoms with E-state index in [0.29, 0.717) is 6.04 Å². The van der Waals surface area contributed by atoms with Crippen LogP contribution < -0.4 is 5.32 Å². The number of hydrogen-bond donors (Lipinski definition) is 2. The summed E-state index contributed by atoms with van der Waals surface area (Å²) in [7, 11) is 2.00. The Morgan fingerprint density at radius 3 is 2.21 bits per heavy atom. The molecule has 0 saturated heterocycles. The van der Waals surface area contributed by atoms with Crippen LogP contribution in [-0.2, 0) is 13.0 Å². The first kappa shape index (κ1) is 13.8. The van der Waals surface area contributed by atoms with Crippen LogP contribution in [0.15, 0.2) is 54.6 Å². The van der Waals surface area contributed by atoms with Crippen molar-refractivity contribution in [1.82, 2.24) is 5.32 Å². The predicted molar refractivity (Wildman–Crippen MR) is 78.9 cm³/mol. The Bertz CT molecular complexity index is 478. The van der Waals surface area contributed by atoms with Crippen molar-refractivity contribution in [2.24, 2.45) is 0 Å². The summed E-state index contributed by atoms with van der Waals surface area (Å²) in [4.78, 5) is 0.